The van der Waals surface area contributed by atoms with Crippen molar-refractivity contribution in [3.8, 4) is 16.9 Å². The second-order valence-electron chi connectivity index (χ2n) is 6.76. The average molecular weight is 390 g/mol. The molecule has 3 aromatic carbocycles. The second-order valence-corrected chi connectivity index (χ2v) is 6.76. The van der Waals surface area contributed by atoms with Crippen molar-refractivity contribution in [1.82, 2.24) is 0 Å². The number of aryl methyl sites for hydroxylation is 1. The number of rotatable bonds is 5. The molecule has 0 aliphatic heterocycles. The molecule has 3 rings (SSSR count). The van der Waals surface area contributed by atoms with Crippen LogP contribution < -0.4 is 11.5 Å². The molecule has 0 spiro atoms. The molecule has 5 N–H and O–H groups in total. The van der Waals surface area contributed by atoms with Gasteiger partial charge in [0.25, 0.3) is 0 Å². The number of benzene rings is 3. The fraction of sp³-hybridized carbons (Fsp3) is 0.240. The van der Waals surface area contributed by atoms with Crippen molar-refractivity contribution in [2.45, 2.75) is 34.1 Å². The van der Waals surface area contributed by atoms with Crippen LogP contribution in [0.3, 0.4) is 0 Å². The first-order valence-electron chi connectivity index (χ1n) is 9.99. The van der Waals surface area contributed by atoms with Gasteiger partial charge in [0.15, 0.2) is 0 Å². The van der Waals surface area contributed by atoms with Crippen LogP contribution in [0.4, 0.5) is 11.4 Å². The van der Waals surface area contributed by atoms with Gasteiger partial charge in [0.05, 0.1) is 0 Å². The van der Waals surface area contributed by atoms with E-state index in [4.69, 9.17) is 16.5 Å². The number of aliphatic imine (C=N–C) groups is 1. The van der Waals surface area contributed by atoms with E-state index in [-0.39, 0.29) is 5.75 Å². The van der Waals surface area contributed by atoms with Crippen LogP contribution in [0.15, 0.2) is 65.7 Å². The van der Waals surface area contributed by atoms with E-state index in [2.05, 4.69) is 0 Å². The molecule has 3 aromatic rings. The summed E-state index contributed by atoms with van der Waals surface area (Å²) in [5.41, 5.74) is 19.0. The first kappa shape index (κ1) is 22.0. The van der Waals surface area contributed by atoms with Crippen molar-refractivity contribution in [3.63, 3.8) is 0 Å². The Kier molecular flexibility index (Phi) is 7.84. The summed E-state index contributed by atoms with van der Waals surface area (Å²) in [6.07, 6.45) is 0.840. The van der Waals surface area contributed by atoms with Gasteiger partial charge < -0.3 is 16.6 Å². The Hall–Kier alpha value is -3.27. The molecule has 152 valence electrons. The number of nitrogens with zero attached hydrogens (tertiary/aromatic N) is 1. The third kappa shape index (κ3) is 5.85. The van der Waals surface area contributed by atoms with E-state index >= 15 is 0 Å². The van der Waals surface area contributed by atoms with Crippen LogP contribution in [0.5, 0.6) is 5.75 Å². The highest BCUT2D eigenvalue weighted by Gasteiger charge is 2.11. The molecule has 0 aliphatic carbocycles. The number of nitrogen functional groups attached to an aromatic ring is 2. The van der Waals surface area contributed by atoms with Crippen LogP contribution in [0.1, 0.15) is 37.5 Å². The van der Waals surface area contributed by atoms with E-state index < -0.39 is 0 Å². The van der Waals surface area contributed by atoms with Gasteiger partial charge in [-0.1, -0.05) is 38.1 Å². The normalized spacial score (nSPS) is 11.0. The van der Waals surface area contributed by atoms with Crippen LogP contribution in [-0.4, -0.2) is 17.4 Å². The molecule has 0 radical (unpaired) electrons. The predicted molar refractivity (Wildman–Crippen MR) is 126 cm³/mol. The van der Waals surface area contributed by atoms with Gasteiger partial charge in [0.1, 0.15) is 5.75 Å². The maximum Gasteiger partial charge on any atom is 0.119 e. The van der Waals surface area contributed by atoms with Crippen molar-refractivity contribution >= 4 is 17.1 Å². The lowest BCUT2D eigenvalue weighted by Gasteiger charge is -2.13. The zero-order chi connectivity index (χ0) is 21.4. The minimum atomic E-state index is 0.275. The van der Waals surface area contributed by atoms with Gasteiger partial charge in [-0.3, -0.25) is 4.99 Å². The number of hydrogen-bond donors (Lipinski definition) is 3. The topological polar surface area (TPSA) is 84.6 Å². The largest absolute Gasteiger partial charge is 0.508 e. The molecule has 0 saturated heterocycles. The van der Waals surface area contributed by atoms with Crippen LogP contribution in [0.2, 0.25) is 0 Å². The van der Waals surface area contributed by atoms with Crippen molar-refractivity contribution in [2.24, 2.45) is 4.99 Å². The lowest BCUT2D eigenvalue weighted by Crippen LogP contribution is -2.02. The Morgan fingerprint density at radius 2 is 1.45 bits per heavy atom. The molecule has 0 aromatic heterocycles. The molecular formula is C25H31N3O. The van der Waals surface area contributed by atoms with E-state index in [0.717, 1.165) is 45.8 Å². The Balaban J connectivity index is 0.00000145. The molecule has 29 heavy (non-hydrogen) atoms. The first-order valence-corrected chi connectivity index (χ1v) is 9.99. The fourth-order valence-corrected chi connectivity index (χ4v) is 3.02. The molecule has 0 amide bonds. The van der Waals surface area contributed by atoms with Gasteiger partial charge in [-0.15, -0.1) is 0 Å². The summed E-state index contributed by atoms with van der Waals surface area (Å²) >= 11 is 0. The zero-order valence-electron chi connectivity index (χ0n) is 17.7. The summed E-state index contributed by atoms with van der Waals surface area (Å²) < 4.78 is 0. The molecule has 0 unspecified atom stereocenters. The van der Waals surface area contributed by atoms with E-state index in [0.29, 0.717) is 6.54 Å². The molecular weight excluding hydrogens is 358 g/mol. The van der Waals surface area contributed by atoms with Gasteiger partial charge in [0.2, 0.25) is 0 Å². The summed E-state index contributed by atoms with van der Waals surface area (Å²) in [5.74, 6) is 0.275. The zero-order valence-corrected chi connectivity index (χ0v) is 17.7. The molecule has 4 nitrogen and oxygen atoms in total. The van der Waals surface area contributed by atoms with Crippen LogP contribution in [0.25, 0.3) is 11.1 Å². The van der Waals surface area contributed by atoms with Gasteiger partial charge in [-0.05, 0) is 78.9 Å². The Bertz CT molecular complexity index is 959. The third-order valence-electron chi connectivity index (χ3n) is 4.68. The van der Waals surface area contributed by atoms with E-state index in [1.165, 1.54) is 5.56 Å². The number of nitrogens with two attached hydrogens (primary N) is 2. The van der Waals surface area contributed by atoms with Gasteiger partial charge in [-0.2, -0.15) is 0 Å². The molecule has 4 heteroatoms. The highest BCUT2D eigenvalue weighted by molar-refractivity contribution is 6.05. The monoisotopic (exact) mass is 389 g/mol. The minimum absolute atomic E-state index is 0.275. The Labute approximate surface area is 173 Å². The highest BCUT2D eigenvalue weighted by Crippen LogP contribution is 2.31. The smallest absolute Gasteiger partial charge is 0.119 e. The third-order valence-corrected chi connectivity index (χ3v) is 4.68. The van der Waals surface area contributed by atoms with Crippen LogP contribution in [0, 0.1) is 6.92 Å². The lowest BCUT2D eigenvalue weighted by molar-refractivity contribution is 0.471. The van der Waals surface area contributed by atoms with E-state index in [1.807, 2.05) is 82.3 Å². The highest BCUT2D eigenvalue weighted by atomic mass is 16.3. The summed E-state index contributed by atoms with van der Waals surface area (Å²) in [7, 11) is 0. The van der Waals surface area contributed by atoms with Crippen molar-refractivity contribution in [2.75, 3.05) is 18.0 Å². The van der Waals surface area contributed by atoms with Gasteiger partial charge in [-0.25, -0.2) is 0 Å². The molecule has 0 atom stereocenters. The van der Waals surface area contributed by atoms with Crippen molar-refractivity contribution in [1.29, 1.82) is 0 Å². The van der Waals surface area contributed by atoms with Crippen LogP contribution >= 0.6 is 0 Å². The SMILES string of the molecule is CC.CC(=NCCc1ccc(N)cc1)c1cc(O)c(C)cc1-c1ccc(N)cc1. The number of aromatic hydroxyl groups is 1. The maximum atomic E-state index is 10.2. The quantitative estimate of drug-likeness (QED) is 0.392. The van der Waals surface area contributed by atoms with E-state index in [9.17, 15) is 5.11 Å². The number of anilines is 2. The number of phenols is 1. The summed E-state index contributed by atoms with van der Waals surface area (Å²) in [6, 6.07) is 19.4. The Morgan fingerprint density at radius 3 is 2.03 bits per heavy atom. The summed E-state index contributed by atoms with van der Waals surface area (Å²) in [5, 5.41) is 10.2. The minimum Gasteiger partial charge on any atom is -0.508 e. The second kappa shape index (κ2) is 10.3. The molecule has 0 fully saturated rings. The van der Waals surface area contributed by atoms with E-state index in [1.54, 1.807) is 6.07 Å². The maximum absolute atomic E-state index is 10.2. The number of hydrogen-bond acceptors (Lipinski definition) is 4. The summed E-state index contributed by atoms with van der Waals surface area (Å²) in [6.45, 7) is 8.55. The molecule has 0 saturated carbocycles. The van der Waals surface area contributed by atoms with Gasteiger partial charge >= 0.3 is 0 Å². The van der Waals surface area contributed by atoms with Crippen molar-refractivity contribution in [3.05, 3.63) is 77.4 Å². The van der Waals surface area contributed by atoms with Gasteiger partial charge in [0, 0.05) is 29.2 Å². The first-order chi connectivity index (χ1) is 13.9. The lowest BCUT2D eigenvalue weighted by atomic mass is 9.94. The van der Waals surface area contributed by atoms with Crippen LogP contribution in [-0.2, 0) is 6.42 Å². The standard InChI is InChI=1S/C23H25N3O.C2H6/c1-15-13-22(18-5-9-20(25)10-6-18)21(14-23(15)27)16(2)26-12-11-17-3-7-19(24)8-4-17;1-2/h3-10,13-14,27H,11-12,24-25H2,1-2H3;1-2H3. The molecule has 0 aliphatic rings. The van der Waals surface area contributed by atoms with Crippen molar-refractivity contribution < 1.29 is 5.11 Å². The Morgan fingerprint density at radius 1 is 0.897 bits per heavy atom. The number of phenolic OH excluding ortho intramolecular Hbond substituents is 1. The average Bonchev–Trinajstić information content (AvgIpc) is 2.73. The predicted octanol–water partition coefficient (Wildman–Crippen LogP) is 5.61. The summed E-state index contributed by atoms with van der Waals surface area (Å²) in [4.78, 5) is 4.74. The molecule has 0 bridgehead atoms. The molecule has 0 heterocycles. The fourth-order valence-electron chi connectivity index (χ4n) is 3.02.